The van der Waals surface area contributed by atoms with Crippen LogP contribution in [0.4, 0.5) is 11.6 Å². The van der Waals surface area contributed by atoms with Gasteiger partial charge in [-0.05, 0) is 25.3 Å². The number of rotatable bonds is 3. The van der Waals surface area contributed by atoms with E-state index in [1.807, 2.05) is 18.2 Å². The van der Waals surface area contributed by atoms with Crippen LogP contribution in [-0.4, -0.2) is 18.1 Å². The minimum absolute atomic E-state index is 0. The van der Waals surface area contributed by atoms with Crippen molar-refractivity contribution in [3.8, 4) is 0 Å². The van der Waals surface area contributed by atoms with Crippen molar-refractivity contribution in [3.63, 3.8) is 0 Å². The summed E-state index contributed by atoms with van der Waals surface area (Å²) in [7, 11) is 0. The Morgan fingerprint density at radius 3 is 2.47 bits per heavy atom. The second-order valence-electron chi connectivity index (χ2n) is 3.76. The zero-order chi connectivity index (χ0) is 11.5. The van der Waals surface area contributed by atoms with Gasteiger partial charge in [0, 0.05) is 18.5 Å². The van der Waals surface area contributed by atoms with Gasteiger partial charge in [0.2, 0.25) is 0 Å². The molecule has 4 heteroatoms. The van der Waals surface area contributed by atoms with Gasteiger partial charge < -0.3 is 10.6 Å². The summed E-state index contributed by atoms with van der Waals surface area (Å²) in [4.78, 5) is 6.64. The van der Waals surface area contributed by atoms with E-state index < -0.39 is 0 Å². The van der Waals surface area contributed by atoms with Gasteiger partial charge in [0.15, 0.2) is 0 Å². The van der Waals surface area contributed by atoms with Crippen LogP contribution in [-0.2, 0) is 0 Å². The summed E-state index contributed by atoms with van der Waals surface area (Å²) in [6.07, 6.45) is 0. The molecule has 92 valence electrons. The second kappa shape index (κ2) is 5.73. The second-order valence-corrected chi connectivity index (χ2v) is 3.76. The number of anilines is 2. The van der Waals surface area contributed by atoms with Gasteiger partial charge in [0.1, 0.15) is 11.6 Å². The van der Waals surface area contributed by atoms with Crippen LogP contribution in [0.3, 0.4) is 0 Å². The lowest BCUT2D eigenvalue weighted by molar-refractivity contribution is 0.849. The molecule has 1 aromatic carbocycles. The number of nitrogens with zero attached hydrogens (tertiary/aromatic N) is 2. The Morgan fingerprint density at radius 2 is 1.82 bits per heavy atom. The summed E-state index contributed by atoms with van der Waals surface area (Å²) in [6.45, 7) is 6.13. The standard InChI is InChI=1S/C13H17N3.ClH/c1-3-16(4-2)12-9-10-7-5-6-8-11(10)13(14)15-12;/h5-9H,3-4H2,1-2H3,(H2,14,15);1H. The van der Waals surface area contributed by atoms with Crippen LogP contribution in [0.15, 0.2) is 30.3 Å². The number of pyridine rings is 1. The first kappa shape index (κ1) is 13.6. The first-order chi connectivity index (χ1) is 7.76. The fourth-order valence-electron chi connectivity index (χ4n) is 1.92. The van der Waals surface area contributed by atoms with Crippen molar-refractivity contribution in [1.82, 2.24) is 4.98 Å². The maximum Gasteiger partial charge on any atom is 0.133 e. The SMILES string of the molecule is CCN(CC)c1cc2ccccc2c(N)n1.Cl. The Kier molecular flexibility index (Phi) is 4.58. The van der Waals surface area contributed by atoms with Crippen molar-refractivity contribution in [2.24, 2.45) is 0 Å². The molecular weight excluding hydrogens is 234 g/mol. The Balaban J connectivity index is 0.00000144. The van der Waals surface area contributed by atoms with E-state index >= 15 is 0 Å². The molecule has 1 aromatic heterocycles. The Labute approximate surface area is 108 Å². The summed E-state index contributed by atoms with van der Waals surface area (Å²) in [5.74, 6) is 1.57. The Bertz CT molecular complexity index is 495. The molecule has 0 radical (unpaired) electrons. The Hall–Kier alpha value is -1.48. The third-order valence-corrected chi connectivity index (χ3v) is 2.84. The van der Waals surface area contributed by atoms with Gasteiger partial charge in [-0.3, -0.25) is 0 Å². The summed E-state index contributed by atoms with van der Waals surface area (Å²) in [6, 6.07) is 10.2. The highest BCUT2D eigenvalue weighted by Crippen LogP contribution is 2.24. The topological polar surface area (TPSA) is 42.1 Å². The molecule has 17 heavy (non-hydrogen) atoms. The molecular formula is C13H18ClN3. The molecule has 1 heterocycles. The number of nitrogen functional groups attached to an aromatic ring is 1. The number of aromatic nitrogens is 1. The maximum absolute atomic E-state index is 5.97. The molecule has 0 amide bonds. The number of nitrogens with two attached hydrogens (primary N) is 1. The first-order valence-electron chi connectivity index (χ1n) is 5.66. The van der Waals surface area contributed by atoms with E-state index in [1.165, 1.54) is 0 Å². The van der Waals surface area contributed by atoms with Crippen LogP contribution >= 0.6 is 12.4 Å². The van der Waals surface area contributed by atoms with Gasteiger partial charge in [0.25, 0.3) is 0 Å². The summed E-state index contributed by atoms with van der Waals surface area (Å²) < 4.78 is 0. The monoisotopic (exact) mass is 251 g/mol. The van der Waals surface area contributed by atoms with Crippen LogP contribution in [0.5, 0.6) is 0 Å². The molecule has 0 atom stereocenters. The molecule has 2 N–H and O–H groups in total. The van der Waals surface area contributed by atoms with Gasteiger partial charge in [0.05, 0.1) is 0 Å². The lowest BCUT2D eigenvalue weighted by Gasteiger charge is -2.20. The molecule has 0 fully saturated rings. The molecule has 0 aliphatic heterocycles. The zero-order valence-corrected chi connectivity index (χ0v) is 11.0. The average molecular weight is 252 g/mol. The third-order valence-electron chi connectivity index (χ3n) is 2.84. The molecule has 0 saturated carbocycles. The molecule has 0 unspecified atom stereocenters. The minimum atomic E-state index is 0. The smallest absolute Gasteiger partial charge is 0.133 e. The van der Waals surface area contributed by atoms with Crippen LogP contribution in [0.25, 0.3) is 10.8 Å². The number of hydrogen-bond donors (Lipinski definition) is 1. The zero-order valence-electron chi connectivity index (χ0n) is 10.2. The highest BCUT2D eigenvalue weighted by molar-refractivity contribution is 5.92. The van der Waals surface area contributed by atoms with E-state index in [0.717, 1.165) is 29.7 Å². The van der Waals surface area contributed by atoms with Crippen LogP contribution < -0.4 is 10.6 Å². The van der Waals surface area contributed by atoms with E-state index in [0.29, 0.717) is 5.82 Å². The molecule has 0 aliphatic carbocycles. The predicted molar refractivity (Wildman–Crippen MR) is 77.0 cm³/mol. The van der Waals surface area contributed by atoms with Gasteiger partial charge in [-0.25, -0.2) is 4.98 Å². The average Bonchev–Trinajstić information content (AvgIpc) is 2.31. The number of hydrogen-bond acceptors (Lipinski definition) is 3. The van der Waals surface area contributed by atoms with Crippen molar-refractivity contribution in [2.45, 2.75) is 13.8 Å². The number of halogens is 1. The lowest BCUT2D eigenvalue weighted by atomic mass is 10.1. The van der Waals surface area contributed by atoms with E-state index in [9.17, 15) is 0 Å². The van der Waals surface area contributed by atoms with Gasteiger partial charge in [-0.15, -0.1) is 12.4 Å². The van der Waals surface area contributed by atoms with Crippen LogP contribution in [0.2, 0.25) is 0 Å². The summed E-state index contributed by atoms with van der Waals surface area (Å²) in [5, 5.41) is 2.18. The molecule has 0 saturated heterocycles. The first-order valence-corrected chi connectivity index (χ1v) is 5.66. The van der Waals surface area contributed by atoms with Crippen LogP contribution in [0.1, 0.15) is 13.8 Å². The van der Waals surface area contributed by atoms with Crippen molar-refractivity contribution in [1.29, 1.82) is 0 Å². The summed E-state index contributed by atoms with van der Waals surface area (Å²) in [5.41, 5.74) is 5.97. The van der Waals surface area contributed by atoms with Crippen molar-refractivity contribution < 1.29 is 0 Å². The molecule has 0 aliphatic rings. The highest BCUT2D eigenvalue weighted by Gasteiger charge is 2.07. The minimum Gasteiger partial charge on any atom is -0.383 e. The largest absolute Gasteiger partial charge is 0.383 e. The van der Waals surface area contributed by atoms with Crippen LogP contribution in [0, 0.1) is 0 Å². The summed E-state index contributed by atoms with van der Waals surface area (Å²) >= 11 is 0. The quantitative estimate of drug-likeness (QED) is 0.912. The van der Waals surface area contributed by atoms with Crippen molar-refractivity contribution in [2.75, 3.05) is 23.7 Å². The fourth-order valence-corrected chi connectivity index (χ4v) is 1.92. The van der Waals surface area contributed by atoms with E-state index in [4.69, 9.17) is 5.73 Å². The number of benzene rings is 1. The van der Waals surface area contributed by atoms with Crippen molar-refractivity contribution >= 4 is 34.8 Å². The van der Waals surface area contributed by atoms with E-state index in [2.05, 4.69) is 35.9 Å². The number of fused-ring (bicyclic) bond motifs is 1. The Morgan fingerprint density at radius 1 is 1.18 bits per heavy atom. The van der Waals surface area contributed by atoms with Crippen molar-refractivity contribution in [3.05, 3.63) is 30.3 Å². The molecule has 0 bridgehead atoms. The fraction of sp³-hybridized carbons (Fsp3) is 0.308. The van der Waals surface area contributed by atoms with Gasteiger partial charge >= 0.3 is 0 Å². The highest BCUT2D eigenvalue weighted by atomic mass is 35.5. The normalized spacial score (nSPS) is 10.0. The van der Waals surface area contributed by atoms with Gasteiger partial charge in [-0.2, -0.15) is 0 Å². The molecule has 0 spiro atoms. The van der Waals surface area contributed by atoms with Gasteiger partial charge in [-0.1, -0.05) is 24.3 Å². The predicted octanol–water partition coefficient (Wildman–Crippen LogP) is 3.09. The molecule has 3 nitrogen and oxygen atoms in total. The maximum atomic E-state index is 5.97. The van der Waals surface area contributed by atoms with E-state index in [1.54, 1.807) is 0 Å². The lowest BCUT2D eigenvalue weighted by Crippen LogP contribution is -2.23. The third kappa shape index (κ3) is 2.61. The van der Waals surface area contributed by atoms with E-state index in [-0.39, 0.29) is 12.4 Å². The molecule has 2 rings (SSSR count). The molecule has 2 aromatic rings.